The van der Waals surface area contributed by atoms with Crippen LogP contribution < -0.4 is 5.32 Å². The van der Waals surface area contributed by atoms with Crippen LogP contribution in [-0.4, -0.2) is 40.9 Å². The quantitative estimate of drug-likeness (QED) is 0.882. The van der Waals surface area contributed by atoms with Gasteiger partial charge in [-0.25, -0.2) is 18.4 Å². The second-order valence-electron chi connectivity index (χ2n) is 6.62. The van der Waals surface area contributed by atoms with Crippen LogP contribution in [0.5, 0.6) is 0 Å². The van der Waals surface area contributed by atoms with Gasteiger partial charge in [0, 0.05) is 42.0 Å². The molecule has 0 aromatic carbocycles. The summed E-state index contributed by atoms with van der Waals surface area (Å²) in [5, 5.41) is 3.18. The maximum absolute atomic E-state index is 11.9. The van der Waals surface area contributed by atoms with Crippen molar-refractivity contribution in [1.29, 1.82) is 0 Å². The van der Waals surface area contributed by atoms with Gasteiger partial charge in [-0.3, -0.25) is 4.98 Å². The van der Waals surface area contributed by atoms with Crippen LogP contribution >= 0.6 is 0 Å². The molecule has 0 amide bonds. The molecule has 0 bridgehead atoms. The molecule has 0 saturated heterocycles. The lowest BCUT2D eigenvalue weighted by molar-refractivity contribution is 0.452. The van der Waals surface area contributed by atoms with Gasteiger partial charge in [0.2, 0.25) is 0 Å². The third-order valence-electron chi connectivity index (χ3n) is 4.66. The summed E-state index contributed by atoms with van der Waals surface area (Å²) in [5.41, 5.74) is 1.88. The normalized spacial score (nSPS) is 21.0. The van der Waals surface area contributed by atoms with Crippen molar-refractivity contribution in [2.75, 3.05) is 11.6 Å². The van der Waals surface area contributed by atoms with E-state index in [1.807, 2.05) is 18.2 Å². The number of nitrogens with one attached hydrogen (secondary N) is 1. The minimum absolute atomic E-state index is 0.123. The van der Waals surface area contributed by atoms with Gasteiger partial charge < -0.3 is 5.32 Å². The topological polar surface area (TPSA) is 84.8 Å². The summed E-state index contributed by atoms with van der Waals surface area (Å²) in [6.07, 6.45) is 8.86. The highest BCUT2D eigenvalue weighted by molar-refractivity contribution is 7.91. The Morgan fingerprint density at radius 1 is 1.20 bits per heavy atom. The number of anilines is 1. The van der Waals surface area contributed by atoms with Crippen LogP contribution in [-0.2, 0) is 16.3 Å². The van der Waals surface area contributed by atoms with Crippen molar-refractivity contribution in [3.63, 3.8) is 0 Å². The molecule has 2 aromatic rings. The van der Waals surface area contributed by atoms with E-state index < -0.39 is 9.84 Å². The molecule has 2 atom stereocenters. The van der Waals surface area contributed by atoms with E-state index in [1.54, 1.807) is 12.4 Å². The first-order valence-electron chi connectivity index (χ1n) is 8.69. The highest BCUT2D eigenvalue weighted by Crippen LogP contribution is 2.27. The third-order valence-corrected chi connectivity index (χ3v) is 6.30. The fourth-order valence-electron chi connectivity index (χ4n) is 3.26. The first-order chi connectivity index (χ1) is 12.0. The Bertz CT molecular complexity index is 824. The number of hydrogen-bond acceptors (Lipinski definition) is 6. The molecule has 0 aliphatic heterocycles. The monoisotopic (exact) mass is 360 g/mol. The van der Waals surface area contributed by atoms with Gasteiger partial charge in [0.15, 0.2) is 5.82 Å². The lowest BCUT2D eigenvalue weighted by Gasteiger charge is -2.29. The second-order valence-corrected chi connectivity index (χ2v) is 8.94. The van der Waals surface area contributed by atoms with Crippen molar-refractivity contribution in [2.45, 2.75) is 50.3 Å². The largest absolute Gasteiger partial charge is 0.367 e. The number of pyridine rings is 1. The minimum atomic E-state index is -2.99. The molecule has 3 rings (SSSR count). The van der Waals surface area contributed by atoms with Crippen LogP contribution in [0, 0.1) is 0 Å². The molecule has 1 N–H and O–H groups in total. The third kappa shape index (κ3) is 4.54. The molecular weight excluding hydrogens is 336 g/mol. The van der Waals surface area contributed by atoms with Gasteiger partial charge in [-0.05, 0) is 37.8 Å². The number of hydrogen-bond donors (Lipinski definition) is 1. The molecular formula is C18H24N4O2S. The van der Waals surface area contributed by atoms with Gasteiger partial charge in [0.1, 0.15) is 15.7 Å². The number of nitrogens with zero attached hydrogens (tertiary/aromatic N) is 3. The number of sulfone groups is 1. The zero-order valence-corrected chi connectivity index (χ0v) is 15.5. The van der Waals surface area contributed by atoms with Crippen molar-refractivity contribution in [3.05, 3.63) is 36.3 Å². The molecule has 6 nitrogen and oxygen atoms in total. The Hall–Kier alpha value is -2.02. The highest BCUT2D eigenvalue weighted by atomic mass is 32.2. The van der Waals surface area contributed by atoms with Crippen LogP contribution in [0.3, 0.4) is 0 Å². The zero-order chi connectivity index (χ0) is 17.9. The maximum atomic E-state index is 11.9. The SMILES string of the molecule is CCc1cc(NC2CCCC(S(C)(=O)=O)C2)nc(-c2ccncc2)n1. The molecule has 0 radical (unpaired) electrons. The molecule has 2 aromatic heterocycles. The first-order valence-corrected chi connectivity index (χ1v) is 10.6. The average molecular weight is 360 g/mol. The van der Waals surface area contributed by atoms with Gasteiger partial charge in [-0.1, -0.05) is 13.3 Å². The van der Waals surface area contributed by atoms with E-state index in [2.05, 4.69) is 27.2 Å². The Labute approximate surface area is 149 Å². The molecule has 1 fully saturated rings. The Kier molecular flexibility index (Phi) is 5.32. The number of aryl methyl sites for hydroxylation is 1. The molecule has 1 aliphatic carbocycles. The van der Waals surface area contributed by atoms with Crippen molar-refractivity contribution < 1.29 is 8.42 Å². The molecule has 7 heteroatoms. The summed E-state index contributed by atoms with van der Waals surface area (Å²) >= 11 is 0. The molecule has 2 unspecified atom stereocenters. The van der Waals surface area contributed by atoms with Crippen LogP contribution in [0.15, 0.2) is 30.6 Å². The van der Waals surface area contributed by atoms with Gasteiger partial charge in [-0.2, -0.15) is 0 Å². The van der Waals surface area contributed by atoms with E-state index >= 15 is 0 Å². The van der Waals surface area contributed by atoms with Gasteiger partial charge >= 0.3 is 0 Å². The molecule has 0 spiro atoms. The standard InChI is InChI=1S/C18H24N4O2S/c1-3-14-12-17(22-18(21-14)13-7-9-19-10-8-13)20-15-5-4-6-16(11-15)25(2,23)24/h7-10,12,15-16H,3-6,11H2,1-2H3,(H,20,21,22). The average Bonchev–Trinajstić information content (AvgIpc) is 2.61. The van der Waals surface area contributed by atoms with E-state index in [-0.39, 0.29) is 11.3 Å². The smallest absolute Gasteiger partial charge is 0.161 e. The van der Waals surface area contributed by atoms with Crippen LogP contribution in [0.4, 0.5) is 5.82 Å². The lowest BCUT2D eigenvalue weighted by atomic mass is 9.95. The summed E-state index contributed by atoms with van der Waals surface area (Å²) in [4.78, 5) is 13.3. The molecule has 1 saturated carbocycles. The molecule has 1 aliphatic rings. The Morgan fingerprint density at radius 2 is 1.96 bits per heavy atom. The minimum Gasteiger partial charge on any atom is -0.367 e. The maximum Gasteiger partial charge on any atom is 0.161 e. The van der Waals surface area contributed by atoms with Gasteiger partial charge in [0.25, 0.3) is 0 Å². The Morgan fingerprint density at radius 3 is 2.64 bits per heavy atom. The molecule has 134 valence electrons. The summed E-state index contributed by atoms with van der Waals surface area (Å²) in [7, 11) is -2.99. The van der Waals surface area contributed by atoms with E-state index in [4.69, 9.17) is 0 Å². The second kappa shape index (κ2) is 7.47. The van der Waals surface area contributed by atoms with Crippen LogP contribution in [0.1, 0.15) is 38.3 Å². The summed E-state index contributed by atoms with van der Waals surface area (Å²) in [6.45, 7) is 2.06. The fraction of sp³-hybridized carbons (Fsp3) is 0.500. The predicted molar refractivity (Wildman–Crippen MR) is 99.2 cm³/mol. The van der Waals surface area contributed by atoms with Crippen molar-refractivity contribution in [3.8, 4) is 11.4 Å². The fourth-order valence-corrected chi connectivity index (χ4v) is 4.43. The number of rotatable bonds is 5. The van der Waals surface area contributed by atoms with Crippen molar-refractivity contribution >= 4 is 15.7 Å². The summed E-state index contributed by atoms with van der Waals surface area (Å²) < 4.78 is 23.7. The van der Waals surface area contributed by atoms with Gasteiger partial charge in [0.05, 0.1) is 5.25 Å². The van der Waals surface area contributed by atoms with Crippen molar-refractivity contribution in [2.24, 2.45) is 0 Å². The predicted octanol–water partition coefficient (Wildman–Crippen LogP) is 2.87. The number of aromatic nitrogens is 3. The summed E-state index contributed by atoms with van der Waals surface area (Å²) in [5.74, 6) is 1.43. The van der Waals surface area contributed by atoms with E-state index in [1.165, 1.54) is 6.26 Å². The first kappa shape index (κ1) is 17.8. The summed E-state index contributed by atoms with van der Waals surface area (Å²) in [6, 6.07) is 5.85. The van der Waals surface area contributed by atoms with E-state index in [0.717, 1.165) is 42.8 Å². The van der Waals surface area contributed by atoms with Gasteiger partial charge in [-0.15, -0.1) is 0 Å². The van der Waals surface area contributed by atoms with Crippen LogP contribution in [0.2, 0.25) is 0 Å². The van der Waals surface area contributed by atoms with E-state index in [0.29, 0.717) is 12.2 Å². The molecule has 25 heavy (non-hydrogen) atoms. The zero-order valence-electron chi connectivity index (χ0n) is 14.6. The van der Waals surface area contributed by atoms with E-state index in [9.17, 15) is 8.42 Å². The lowest BCUT2D eigenvalue weighted by Crippen LogP contribution is -2.34. The Balaban J connectivity index is 1.82. The van der Waals surface area contributed by atoms with Crippen LogP contribution in [0.25, 0.3) is 11.4 Å². The highest BCUT2D eigenvalue weighted by Gasteiger charge is 2.29. The molecule has 2 heterocycles. The van der Waals surface area contributed by atoms with Crippen molar-refractivity contribution in [1.82, 2.24) is 15.0 Å².